The first-order valence-corrected chi connectivity index (χ1v) is 8.40. The minimum Gasteiger partial charge on any atom is -0.475 e. The second kappa shape index (κ2) is 8.01. The highest BCUT2D eigenvalue weighted by molar-refractivity contribution is 5.73. The molecule has 1 N–H and O–H groups in total. The fourth-order valence-electron chi connectivity index (χ4n) is 3.70. The van der Waals surface area contributed by atoms with Crippen LogP contribution in [0.15, 0.2) is 0 Å². The predicted octanol–water partition coefficient (Wildman–Crippen LogP) is 2.55. The van der Waals surface area contributed by atoms with Gasteiger partial charge in [-0.1, -0.05) is 0 Å². The van der Waals surface area contributed by atoms with E-state index in [1.165, 1.54) is 51.7 Å². The largest absolute Gasteiger partial charge is 0.490 e. The first-order chi connectivity index (χ1) is 11.3. The molecule has 0 radical (unpaired) electrons. The van der Waals surface area contributed by atoms with Crippen molar-refractivity contribution in [3.8, 4) is 0 Å². The Hall–Kier alpha value is -0.860. The van der Waals surface area contributed by atoms with Gasteiger partial charge in [0.25, 0.3) is 0 Å². The van der Waals surface area contributed by atoms with Crippen LogP contribution in [-0.4, -0.2) is 68.2 Å². The molecule has 3 fully saturated rings. The molecule has 0 aromatic carbocycles. The SMILES string of the molecule is COCC12CCCOC1CCN(CC1CC1)C2.O=C(O)C(F)(F)F. The maximum absolute atomic E-state index is 10.6. The standard InChI is InChI=1S/C14H25NO2.C2HF3O2/c1-16-11-14-6-2-8-17-13(14)5-7-15(10-14)9-12-3-4-12;3-2(4,5)1(6)7/h12-13H,2-11H2,1H3;(H,6,7). The van der Waals surface area contributed by atoms with Crippen LogP contribution in [0.4, 0.5) is 13.2 Å². The maximum atomic E-state index is 10.6. The van der Waals surface area contributed by atoms with Crippen LogP contribution in [0.1, 0.15) is 32.1 Å². The Morgan fingerprint density at radius 2 is 2.04 bits per heavy atom. The minimum absolute atomic E-state index is 0.292. The zero-order chi connectivity index (χ0) is 17.8. The molecule has 2 saturated heterocycles. The molecule has 2 heterocycles. The smallest absolute Gasteiger partial charge is 0.475 e. The lowest BCUT2D eigenvalue weighted by Crippen LogP contribution is -2.57. The van der Waals surface area contributed by atoms with Crippen LogP contribution in [-0.2, 0) is 14.3 Å². The van der Waals surface area contributed by atoms with Crippen molar-refractivity contribution in [3.05, 3.63) is 0 Å². The molecule has 0 bridgehead atoms. The fraction of sp³-hybridized carbons (Fsp3) is 0.938. The summed E-state index contributed by atoms with van der Waals surface area (Å²) in [6.07, 6.45) is 1.97. The number of rotatable bonds is 4. The summed E-state index contributed by atoms with van der Waals surface area (Å²) in [6.45, 7) is 5.57. The van der Waals surface area contributed by atoms with Crippen molar-refractivity contribution in [2.75, 3.05) is 40.0 Å². The summed E-state index contributed by atoms with van der Waals surface area (Å²) < 4.78 is 43.2. The van der Waals surface area contributed by atoms with Gasteiger partial charge in [-0.25, -0.2) is 4.79 Å². The Morgan fingerprint density at radius 1 is 1.38 bits per heavy atom. The lowest BCUT2D eigenvalue weighted by Gasteiger charge is -2.50. The van der Waals surface area contributed by atoms with Crippen LogP contribution in [0, 0.1) is 11.3 Å². The number of alkyl halides is 3. The molecule has 140 valence electrons. The van der Waals surface area contributed by atoms with Gasteiger partial charge < -0.3 is 19.5 Å². The molecular formula is C16H26F3NO4. The van der Waals surface area contributed by atoms with Crippen molar-refractivity contribution in [1.82, 2.24) is 4.90 Å². The predicted molar refractivity (Wildman–Crippen MR) is 80.8 cm³/mol. The number of likely N-dealkylation sites (tertiary alicyclic amines) is 1. The second-order valence-corrected chi connectivity index (χ2v) is 7.03. The van der Waals surface area contributed by atoms with Gasteiger partial charge in [0.2, 0.25) is 0 Å². The monoisotopic (exact) mass is 353 g/mol. The van der Waals surface area contributed by atoms with Crippen LogP contribution in [0.2, 0.25) is 0 Å². The van der Waals surface area contributed by atoms with Gasteiger partial charge in [0.1, 0.15) is 0 Å². The van der Waals surface area contributed by atoms with E-state index in [0.717, 1.165) is 19.1 Å². The normalized spacial score (nSPS) is 30.9. The highest BCUT2D eigenvalue weighted by Gasteiger charge is 2.46. The zero-order valence-electron chi connectivity index (χ0n) is 14.0. The molecule has 2 aliphatic heterocycles. The number of ether oxygens (including phenoxy) is 2. The van der Waals surface area contributed by atoms with Crippen LogP contribution in [0.5, 0.6) is 0 Å². The first-order valence-electron chi connectivity index (χ1n) is 8.40. The Morgan fingerprint density at radius 3 is 2.58 bits per heavy atom. The number of hydrogen-bond acceptors (Lipinski definition) is 4. The van der Waals surface area contributed by atoms with E-state index < -0.39 is 12.1 Å². The van der Waals surface area contributed by atoms with E-state index in [2.05, 4.69) is 4.90 Å². The van der Waals surface area contributed by atoms with Crippen molar-refractivity contribution >= 4 is 5.97 Å². The third-order valence-corrected chi connectivity index (χ3v) is 4.95. The number of hydrogen-bond donors (Lipinski definition) is 1. The van der Waals surface area contributed by atoms with E-state index in [-0.39, 0.29) is 0 Å². The number of fused-ring (bicyclic) bond motifs is 1. The molecule has 8 heteroatoms. The summed E-state index contributed by atoms with van der Waals surface area (Å²) in [4.78, 5) is 11.6. The van der Waals surface area contributed by atoms with Crippen molar-refractivity contribution in [1.29, 1.82) is 0 Å². The summed E-state index contributed by atoms with van der Waals surface area (Å²) in [7, 11) is 1.83. The van der Waals surface area contributed by atoms with Gasteiger partial charge in [-0.2, -0.15) is 13.2 Å². The van der Waals surface area contributed by atoms with Crippen LogP contribution in [0.3, 0.4) is 0 Å². The molecule has 2 unspecified atom stereocenters. The van der Waals surface area contributed by atoms with Crippen molar-refractivity contribution in [2.24, 2.45) is 11.3 Å². The van der Waals surface area contributed by atoms with Gasteiger partial charge >= 0.3 is 12.1 Å². The number of halogens is 3. The number of methoxy groups -OCH3 is 1. The third kappa shape index (κ3) is 5.32. The average molecular weight is 353 g/mol. The Labute approximate surface area is 140 Å². The van der Waals surface area contributed by atoms with Crippen molar-refractivity contribution in [3.63, 3.8) is 0 Å². The molecule has 1 aliphatic carbocycles. The number of carbonyl (C=O) groups is 1. The highest BCUT2D eigenvalue weighted by Crippen LogP contribution is 2.41. The van der Waals surface area contributed by atoms with E-state index in [9.17, 15) is 13.2 Å². The minimum atomic E-state index is -5.08. The van der Waals surface area contributed by atoms with Crippen LogP contribution < -0.4 is 0 Å². The molecule has 3 aliphatic rings. The summed E-state index contributed by atoms with van der Waals surface area (Å²) in [5.74, 6) is -1.76. The maximum Gasteiger partial charge on any atom is 0.490 e. The molecule has 5 nitrogen and oxygen atoms in total. The van der Waals surface area contributed by atoms with E-state index in [1.807, 2.05) is 7.11 Å². The lowest BCUT2D eigenvalue weighted by atomic mass is 9.73. The molecule has 0 amide bonds. The summed E-state index contributed by atoms with van der Waals surface area (Å²) in [5.41, 5.74) is 0.292. The number of piperidine rings is 1. The van der Waals surface area contributed by atoms with Gasteiger partial charge in [0, 0.05) is 38.8 Å². The fourth-order valence-corrected chi connectivity index (χ4v) is 3.70. The van der Waals surface area contributed by atoms with Crippen molar-refractivity contribution in [2.45, 2.75) is 44.4 Å². The molecule has 0 spiro atoms. The Bertz CT molecular complexity index is 424. The topological polar surface area (TPSA) is 59.0 Å². The number of aliphatic carboxylic acids is 1. The van der Waals surface area contributed by atoms with Gasteiger partial charge in [-0.05, 0) is 38.0 Å². The van der Waals surface area contributed by atoms with E-state index in [0.29, 0.717) is 11.5 Å². The van der Waals surface area contributed by atoms with Crippen LogP contribution in [0.25, 0.3) is 0 Å². The van der Waals surface area contributed by atoms with Gasteiger partial charge in [0.05, 0.1) is 12.7 Å². The van der Waals surface area contributed by atoms with E-state index in [4.69, 9.17) is 19.4 Å². The summed E-state index contributed by atoms with van der Waals surface area (Å²) >= 11 is 0. The second-order valence-electron chi connectivity index (χ2n) is 7.03. The van der Waals surface area contributed by atoms with Crippen molar-refractivity contribution < 1.29 is 32.5 Å². The zero-order valence-corrected chi connectivity index (χ0v) is 14.0. The van der Waals surface area contributed by atoms with Gasteiger partial charge in [-0.3, -0.25) is 0 Å². The lowest BCUT2D eigenvalue weighted by molar-refractivity contribution is -0.192. The highest BCUT2D eigenvalue weighted by atomic mass is 19.4. The first kappa shape index (κ1) is 19.5. The molecule has 24 heavy (non-hydrogen) atoms. The van der Waals surface area contributed by atoms with E-state index in [1.54, 1.807) is 0 Å². The molecule has 2 atom stereocenters. The molecule has 0 aromatic rings. The molecule has 3 rings (SSSR count). The summed E-state index contributed by atoms with van der Waals surface area (Å²) in [5, 5.41) is 7.12. The number of carboxylic acid groups (broad SMARTS) is 1. The Kier molecular flexibility index (Phi) is 6.50. The number of carboxylic acids is 1. The van der Waals surface area contributed by atoms with Crippen LogP contribution >= 0.6 is 0 Å². The van der Waals surface area contributed by atoms with Gasteiger partial charge in [0.15, 0.2) is 0 Å². The summed E-state index contributed by atoms with van der Waals surface area (Å²) in [6, 6.07) is 0. The molecule has 1 saturated carbocycles. The molecule has 0 aromatic heterocycles. The quantitative estimate of drug-likeness (QED) is 0.842. The van der Waals surface area contributed by atoms with E-state index >= 15 is 0 Å². The van der Waals surface area contributed by atoms with Gasteiger partial charge in [-0.15, -0.1) is 0 Å². The molecular weight excluding hydrogens is 327 g/mol. The third-order valence-electron chi connectivity index (χ3n) is 4.95. The average Bonchev–Trinajstić information content (AvgIpc) is 3.30. The Balaban J connectivity index is 0.000000256. The number of nitrogens with zero attached hydrogens (tertiary/aromatic N) is 1.